The molecule has 0 bridgehead atoms. The summed E-state index contributed by atoms with van der Waals surface area (Å²) in [5.41, 5.74) is 0.863. The molecular formula is C18H22ClF2N5O2. The van der Waals surface area contributed by atoms with Gasteiger partial charge < -0.3 is 15.1 Å². The van der Waals surface area contributed by atoms with E-state index in [1.165, 1.54) is 11.0 Å². The van der Waals surface area contributed by atoms with Crippen LogP contribution in [0.2, 0.25) is 0 Å². The fourth-order valence-electron chi connectivity index (χ4n) is 3.15. The number of piperazine rings is 1. The average Bonchev–Trinajstić information content (AvgIpc) is 3.10. The number of hydrogen-bond acceptors (Lipinski definition) is 4. The van der Waals surface area contributed by atoms with Gasteiger partial charge in [0.2, 0.25) is 5.91 Å². The van der Waals surface area contributed by atoms with Gasteiger partial charge in [0, 0.05) is 50.6 Å². The third kappa shape index (κ3) is 4.48. The van der Waals surface area contributed by atoms with Gasteiger partial charge in [-0.15, -0.1) is 12.4 Å². The molecule has 1 N–H and O–H groups in total. The normalized spacial score (nSPS) is 15.1. The molecule has 0 saturated carbocycles. The minimum absolute atomic E-state index is 0. The fourth-order valence-corrected chi connectivity index (χ4v) is 3.15. The van der Waals surface area contributed by atoms with Crippen molar-refractivity contribution in [3.63, 3.8) is 0 Å². The lowest BCUT2D eigenvalue weighted by molar-refractivity contribution is -0.135. The van der Waals surface area contributed by atoms with E-state index in [9.17, 15) is 18.4 Å². The highest BCUT2D eigenvalue weighted by Crippen LogP contribution is 2.17. The molecule has 10 heteroatoms. The molecule has 3 rings (SSSR count). The topological polar surface area (TPSA) is 70.5 Å². The van der Waals surface area contributed by atoms with E-state index in [1.807, 2.05) is 0 Å². The number of amides is 2. The summed E-state index contributed by atoms with van der Waals surface area (Å²) in [5.74, 6) is -2.51. The number of halogens is 3. The highest BCUT2D eigenvalue weighted by atomic mass is 35.5. The van der Waals surface area contributed by atoms with Gasteiger partial charge in [0.15, 0.2) is 11.6 Å². The van der Waals surface area contributed by atoms with E-state index >= 15 is 0 Å². The van der Waals surface area contributed by atoms with Gasteiger partial charge in [0.05, 0.1) is 6.20 Å². The minimum atomic E-state index is -1.05. The number of nitrogens with one attached hydrogen (secondary N) is 1. The van der Waals surface area contributed by atoms with Crippen LogP contribution in [0.25, 0.3) is 0 Å². The Bertz CT molecular complexity index is 852. The molecule has 1 aliphatic rings. The van der Waals surface area contributed by atoms with Crippen molar-refractivity contribution in [2.45, 2.75) is 6.04 Å². The first-order chi connectivity index (χ1) is 12.9. The second kappa shape index (κ2) is 9.11. The predicted molar refractivity (Wildman–Crippen MR) is 101 cm³/mol. The van der Waals surface area contributed by atoms with Gasteiger partial charge >= 0.3 is 0 Å². The molecule has 28 heavy (non-hydrogen) atoms. The number of likely N-dealkylation sites (N-methyl/N-ethyl adjacent to an activating group) is 1. The quantitative estimate of drug-likeness (QED) is 0.821. The number of carbonyl (C=O) groups is 2. The SMILES string of the molecule is CNC(C(=O)N1CCN(C(=O)c2ccc(F)c(F)c2)CC1)c1cnn(C)c1.Cl. The van der Waals surface area contributed by atoms with Crippen LogP contribution in [0.5, 0.6) is 0 Å². The first-order valence-corrected chi connectivity index (χ1v) is 8.59. The molecule has 1 saturated heterocycles. The van der Waals surface area contributed by atoms with Crippen LogP contribution in [0.1, 0.15) is 22.0 Å². The number of aromatic nitrogens is 2. The van der Waals surface area contributed by atoms with Crippen molar-refractivity contribution < 1.29 is 18.4 Å². The van der Waals surface area contributed by atoms with Gasteiger partial charge in [-0.1, -0.05) is 0 Å². The van der Waals surface area contributed by atoms with E-state index in [-0.39, 0.29) is 29.8 Å². The molecule has 2 amide bonds. The second-order valence-electron chi connectivity index (χ2n) is 6.42. The number of carbonyl (C=O) groups excluding carboxylic acids is 2. The number of rotatable bonds is 4. The lowest BCUT2D eigenvalue weighted by Gasteiger charge is -2.36. The number of hydrogen-bond donors (Lipinski definition) is 1. The van der Waals surface area contributed by atoms with Crippen molar-refractivity contribution in [1.82, 2.24) is 24.9 Å². The summed E-state index contributed by atoms with van der Waals surface area (Å²) in [4.78, 5) is 28.5. The zero-order valence-electron chi connectivity index (χ0n) is 15.6. The molecule has 1 fully saturated rings. The maximum atomic E-state index is 13.4. The second-order valence-corrected chi connectivity index (χ2v) is 6.42. The maximum absolute atomic E-state index is 13.4. The van der Waals surface area contributed by atoms with Crippen LogP contribution in [0, 0.1) is 11.6 Å². The summed E-state index contributed by atoms with van der Waals surface area (Å²) in [6, 6.07) is 2.59. The number of nitrogens with zero attached hydrogens (tertiary/aromatic N) is 4. The standard InChI is InChI=1S/C18H21F2N5O2.ClH/c1-21-16(13-10-22-23(2)11-13)18(27)25-7-5-24(6-8-25)17(26)12-3-4-14(19)15(20)9-12;/h3-4,9-11,16,21H,5-8H2,1-2H3;1H. The van der Waals surface area contributed by atoms with E-state index in [2.05, 4.69) is 10.4 Å². The first kappa shape index (κ1) is 21.8. The Kier molecular flexibility index (Phi) is 7.09. The summed E-state index contributed by atoms with van der Waals surface area (Å²) in [7, 11) is 3.49. The van der Waals surface area contributed by atoms with Crippen LogP contribution in [-0.4, -0.2) is 64.6 Å². The van der Waals surface area contributed by atoms with Gasteiger partial charge in [0.25, 0.3) is 5.91 Å². The molecule has 1 atom stereocenters. The van der Waals surface area contributed by atoms with E-state index < -0.39 is 17.7 Å². The van der Waals surface area contributed by atoms with E-state index in [0.29, 0.717) is 26.2 Å². The Morgan fingerprint density at radius 3 is 2.29 bits per heavy atom. The largest absolute Gasteiger partial charge is 0.337 e. The molecule has 1 aromatic carbocycles. The molecule has 0 radical (unpaired) electrons. The molecule has 7 nitrogen and oxygen atoms in total. The Balaban J connectivity index is 0.00000280. The highest BCUT2D eigenvalue weighted by molar-refractivity contribution is 5.94. The zero-order valence-corrected chi connectivity index (χ0v) is 16.4. The number of benzene rings is 1. The van der Waals surface area contributed by atoms with Crippen LogP contribution in [-0.2, 0) is 11.8 Å². The van der Waals surface area contributed by atoms with Crippen LogP contribution in [0.4, 0.5) is 8.78 Å². The van der Waals surface area contributed by atoms with Crippen LogP contribution < -0.4 is 5.32 Å². The van der Waals surface area contributed by atoms with Gasteiger partial charge in [0.1, 0.15) is 6.04 Å². The number of aryl methyl sites for hydroxylation is 1. The van der Waals surface area contributed by atoms with Crippen molar-refractivity contribution in [3.8, 4) is 0 Å². The third-order valence-corrected chi connectivity index (χ3v) is 4.64. The van der Waals surface area contributed by atoms with Gasteiger partial charge in [-0.3, -0.25) is 14.3 Å². The molecule has 1 unspecified atom stereocenters. The van der Waals surface area contributed by atoms with Crippen molar-refractivity contribution in [2.75, 3.05) is 33.2 Å². The summed E-state index contributed by atoms with van der Waals surface area (Å²) in [6.07, 6.45) is 3.42. The zero-order chi connectivity index (χ0) is 19.6. The molecular weight excluding hydrogens is 392 g/mol. The third-order valence-electron chi connectivity index (χ3n) is 4.64. The summed E-state index contributed by atoms with van der Waals surface area (Å²) in [5, 5.41) is 7.09. The summed E-state index contributed by atoms with van der Waals surface area (Å²) < 4.78 is 28.0. The minimum Gasteiger partial charge on any atom is -0.337 e. The molecule has 152 valence electrons. The smallest absolute Gasteiger partial charge is 0.254 e. The van der Waals surface area contributed by atoms with Crippen molar-refractivity contribution >= 4 is 24.2 Å². The Hall–Kier alpha value is -2.52. The van der Waals surface area contributed by atoms with E-state index in [4.69, 9.17) is 0 Å². The van der Waals surface area contributed by atoms with Crippen LogP contribution >= 0.6 is 12.4 Å². The van der Waals surface area contributed by atoms with Crippen molar-refractivity contribution in [1.29, 1.82) is 0 Å². The molecule has 0 aliphatic carbocycles. The lowest BCUT2D eigenvalue weighted by Crippen LogP contribution is -2.52. The molecule has 0 spiro atoms. The van der Waals surface area contributed by atoms with Gasteiger partial charge in [-0.2, -0.15) is 5.10 Å². The average molecular weight is 414 g/mol. The van der Waals surface area contributed by atoms with E-state index in [1.54, 1.807) is 36.1 Å². The first-order valence-electron chi connectivity index (χ1n) is 8.59. The van der Waals surface area contributed by atoms with Crippen LogP contribution in [0.15, 0.2) is 30.6 Å². The predicted octanol–water partition coefficient (Wildman–Crippen LogP) is 1.37. The summed E-state index contributed by atoms with van der Waals surface area (Å²) >= 11 is 0. The van der Waals surface area contributed by atoms with Crippen molar-refractivity contribution in [3.05, 3.63) is 53.4 Å². The molecule has 2 aromatic rings. The van der Waals surface area contributed by atoms with Gasteiger partial charge in [-0.25, -0.2) is 8.78 Å². The molecule has 1 aliphatic heterocycles. The van der Waals surface area contributed by atoms with E-state index in [0.717, 1.165) is 17.7 Å². The Morgan fingerprint density at radius 1 is 1.11 bits per heavy atom. The van der Waals surface area contributed by atoms with Crippen LogP contribution in [0.3, 0.4) is 0 Å². The molecule has 1 aromatic heterocycles. The molecule has 2 heterocycles. The van der Waals surface area contributed by atoms with Crippen molar-refractivity contribution in [2.24, 2.45) is 7.05 Å². The fraction of sp³-hybridized carbons (Fsp3) is 0.389. The lowest BCUT2D eigenvalue weighted by atomic mass is 10.1. The summed E-state index contributed by atoms with van der Waals surface area (Å²) in [6.45, 7) is 1.39. The monoisotopic (exact) mass is 413 g/mol. The Labute approximate surface area is 167 Å². The van der Waals surface area contributed by atoms with Gasteiger partial charge in [-0.05, 0) is 25.2 Å². The highest BCUT2D eigenvalue weighted by Gasteiger charge is 2.30. The maximum Gasteiger partial charge on any atom is 0.254 e. The Morgan fingerprint density at radius 2 is 1.75 bits per heavy atom.